The third-order valence-electron chi connectivity index (χ3n) is 1.21. The second-order valence-corrected chi connectivity index (χ2v) is 4.24. The molecule has 1 nitrogen and oxygen atoms in total. The fourth-order valence-corrected chi connectivity index (χ4v) is 1.07. The summed E-state index contributed by atoms with van der Waals surface area (Å²) < 4.78 is -1.18. The summed E-state index contributed by atoms with van der Waals surface area (Å²) in [5.74, 6) is 0. The summed E-state index contributed by atoms with van der Waals surface area (Å²) in [5, 5.41) is 8.27. The second kappa shape index (κ2) is 4.66. The van der Waals surface area contributed by atoms with Crippen LogP contribution in [0.1, 0.15) is 19.8 Å². The van der Waals surface area contributed by atoms with Crippen molar-refractivity contribution in [1.29, 1.82) is 0 Å². The number of rotatable bonds is 4. The van der Waals surface area contributed by atoms with Crippen molar-refractivity contribution in [2.75, 3.05) is 6.61 Å². The quantitative estimate of drug-likeness (QED) is 0.700. The fourth-order valence-electron chi connectivity index (χ4n) is 0.564. The lowest BCUT2D eigenvalue weighted by Crippen LogP contribution is -2.30. The first-order chi connectivity index (χ1) is 4.54. The van der Waals surface area contributed by atoms with Gasteiger partial charge in [-0.3, -0.25) is 0 Å². The highest BCUT2D eigenvalue weighted by Crippen LogP contribution is 2.31. The van der Waals surface area contributed by atoms with Crippen LogP contribution in [0.3, 0.4) is 0 Å². The van der Waals surface area contributed by atoms with Crippen LogP contribution in [-0.2, 0) is 0 Å². The van der Waals surface area contributed by atoms with Gasteiger partial charge in [-0.25, -0.2) is 0 Å². The van der Waals surface area contributed by atoms with Crippen molar-refractivity contribution in [2.45, 2.75) is 29.5 Å². The maximum atomic E-state index is 8.64. The lowest BCUT2D eigenvalue weighted by Gasteiger charge is -2.21. The van der Waals surface area contributed by atoms with Crippen molar-refractivity contribution in [2.24, 2.45) is 0 Å². The highest BCUT2D eigenvalue weighted by atomic mass is 35.5. The predicted octanol–water partition coefficient (Wildman–Crippen LogP) is 2.56. The van der Waals surface area contributed by atoms with E-state index < -0.39 is 4.33 Å². The van der Waals surface area contributed by atoms with Gasteiger partial charge < -0.3 is 5.11 Å². The molecule has 0 bridgehead atoms. The Hall–Kier alpha value is 0.830. The van der Waals surface area contributed by atoms with Crippen LogP contribution in [0.2, 0.25) is 0 Å². The third kappa shape index (κ3) is 3.29. The molecule has 0 aromatic carbocycles. The molecule has 4 heteroatoms. The molecule has 0 heterocycles. The molecule has 0 fully saturated rings. The fraction of sp³-hybridized carbons (Fsp3) is 1.00. The summed E-state index contributed by atoms with van der Waals surface area (Å²) in [6.07, 6.45) is 1.63. The Kier molecular flexibility index (Phi) is 5.04. The van der Waals surface area contributed by atoms with Crippen molar-refractivity contribution in [3.63, 3.8) is 0 Å². The van der Waals surface area contributed by atoms with Gasteiger partial charge in [-0.1, -0.05) is 36.5 Å². The van der Waals surface area contributed by atoms with Gasteiger partial charge in [-0.05, 0) is 6.42 Å². The van der Waals surface area contributed by atoms with Gasteiger partial charge in [0.2, 0.25) is 0 Å². The molecule has 0 aromatic heterocycles. The van der Waals surface area contributed by atoms with E-state index in [1.54, 1.807) is 0 Å². The average molecular weight is 206 g/mol. The first-order valence-electron chi connectivity index (χ1n) is 3.17. The summed E-state index contributed by atoms with van der Waals surface area (Å²) in [5.41, 5.74) is 0. The molecule has 0 aromatic rings. The molecule has 0 aliphatic heterocycles. The monoisotopic (exact) mass is 204 g/mol. The van der Waals surface area contributed by atoms with Crippen LogP contribution >= 0.6 is 34.8 Å². The zero-order valence-corrected chi connectivity index (χ0v) is 8.05. The van der Waals surface area contributed by atoms with E-state index in [1.807, 2.05) is 6.92 Å². The zero-order valence-electron chi connectivity index (χ0n) is 5.78. The van der Waals surface area contributed by atoms with E-state index in [9.17, 15) is 0 Å². The van der Waals surface area contributed by atoms with E-state index in [2.05, 4.69) is 0 Å². The molecule has 0 amide bonds. The Morgan fingerprint density at radius 1 is 1.50 bits per heavy atom. The van der Waals surface area contributed by atoms with Crippen LogP contribution in [0.4, 0.5) is 0 Å². The van der Waals surface area contributed by atoms with Crippen LogP contribution in [0.15, 0.2) is 0 Å². The van der Waals surface area contributed by atoms with Gasteiger partial charge in [0.25, 0.3) is 0 Å². The molecule has 1 atom stereocenters. The second-order valence-electron chi connectivity index (χ2n) is 2.18. The minimum absolute atomic E-state index is 0.301. The molecular formula is C6H11Cl3O. The van der Waals surface area contributed by atoms with Crippen LogP contribution < -0.4 is 0 Å². The number of aliphatic hydroxyl groups is 1. The van der Waals surface area contributed by atoms with Gasteiger partial charge >= 0.3 is 0 Å². The lowest BCUT2D eigenvalue weighted by molar-refractivity contribution is 0.273. The molecule has 0 aliphatic rings. The van der Waals surface area contributed by atoms with Crippen molar-refractivity contribution < 1.29 is 5.11 Å². The molecular weight excluding hydrogens is 194 g/mol. The molecule has 62 valence electrons. The van der Waals surface area contributed by atoms with E-state index in [0.717, 1.165) is 12.8 Å². The normalized spacial score (nSPS) is 15.3. The maximum Gasteiger partial charge on any atom is 0.157 e. The number of halogens is 3. The summed E-state index contributed by atoms with van der Waals surface area (Å²) in [4.78, 5) is 0. The third-order valence-corrected chi connectivity index (χ3v) is 2.79. The van der Waals surface area contributed by atoms with Crippen molar-refractivity contribution in [3.8, 4) is 0 Å². The molecule has 0 rings (SSSR count). The Morgan fingerprint density at radius 3 is 2.30 bits per heavy atom. The van der Waals surface area contributed by atoms with E-state index >= 15 is 0 Å². The van der Waals surface area contributed by atoms with Crippen molar-refractivity contribution in [1.82, 2.24) is 0 Å². The lowest BCUT2D eigenvalue weighted by atomic mass is 10.2. The standard InChI is InChI=1S/C6H11Cl3O/c1-2-3-5(7)6(8,9)4-10/h5,10H,2-4H2,1H3. The van der Waals surface area contributed by atoms with E-state index in [4.69, 9.17) is 39.9 Å². The minimum atomic E-state index is -1.18. The molecule has 0 aliphatic carbocycles. The van der Waals surface area contributed by atoms with E-state index in [0.29, 0.717) is 0 Å². The smallest absolute Gasteiger partial charge is 0.157 e. The van der Waals surface area contributed by atoms with Crippen LogP contribution in [0, 0.1) is 0 Å². The molecule has 0 spiro atoms. The van der Waals surface area contributed by atoms with Crippen LogP contribution in [-0.4, -0.2) is 21.4 Å². The van der Waals surface area contributed by atoms with Crippen LogP contribution in [0.5, 0.6) is 0 Å². The molecule has 0 saturated carbocycles. The van der Waals surface area contributed by atoms with Crippen molar-refractivity contribution in [3.05, 3.63) is 0 Å². The van der Waals surface area contributed by atoms with E-state index in [-0.39, 0.29) is 12.0 Å². The number of hydrogen-bond donors (Lipinski definition) is 1. The first kappa shape index (κ1) is 10.8. The van der Waals surface area contributed by atoms with Gasteiger partial charge in [-0.2, -0.15) is 0 Å². The Morgan fingerprint density at radius 2 is 2.00 bits per heavy atom. The summed E-state index contributed by atoms with van der Waals surface area (Å²) in [6, 6.07) is 0. The number of aliphatic hydroxyl groups excluding tert-OH is 1. The van der Waals surface area contributed by atoms with Gasteiger partial charge in [0.1, 0.15) is 0 Å². The van der Waals surface area contributed by atoms with Gasteiger partial charge in [-0.15, -0.1) is 11.6 Å². The van der Waals surface area contributed by atoms with Crippen LogP contribution in [0.25, 0.3) is 0 Å². The Bertz CT molecular complexity index is 95.0. The van der Waals surface area contributed by atoms with Crippen molar-refractivity contribution >= 4 is 34.8 Å². The van der Waals surface area contributed by atoms with Gasteiger partial charge in [0.15, 0.2) is 4.33 Å². The number of hydrogen-bond acceptors (Lipinski definition) is 1. The summed E-state index contributed by atoms with van der Waals surface area (Å²) in [6.45, 7) is 1.68. The minimum Gasteiger partial charge on any atom is -0.393 e. The van der Waals surface area contributed by atoms with Gasteiger partial charge in [0, 0.05) is 0 Å². The number of alkyl halides is 3. The Labute approximate surface area is 76.3 Å². The summed E-state index contributed by atoms with van der Waals surface area (Å²) >= 11 is 17.0. The van der Waals surface area contributed by atoms with E-state index in [1.165, 1.54) is 0 Å². The molecule has 0 saturated heterocycles. The highest BCUT2D eigenvalue weighted by molar-refractivity contribution is 6.52. The SMILES string of the molecule is CCCC(Cl)C(Cl)(Cl)CO. The maximum absolute atomic E-state index is 8.64. The first-order valence-corrected chi connectivity index (χ1v) is 4.36. The average Bonchev–Trinajstić information content (AvgIpc) is 1.89. The summed E-state index contributed by atoms with van der Waals surface area (Å²) in [7, 11) is 0. The topological polar surface area (TPSA) is 20.2 Å². The predicted molar refractivity (Wildman–Crippen MR) is 46.1 cm³/mol. The molecule has 0 radical (unpaired) electrons. The molecule has 10 heavy (non-hydrogen) atoms. The zero-order chi connectivity index (χ0) is 8.20. The van der Waals surface area contributed by atoms with Gasteiger partial charge in [0.05, 0.1) is 12.0 Å². The molecule has 1 N–H and O–H groups in total. The molecule has 1 unspecified atom stereocenters. The largest absolute Gasteiger partial charge is 0.393 e. The Balaban J connectivity index is 3.78. The highest BCUT2D eigenvalue weighted by Gasteiger charge is 2.31.